The summed E-state index contributed by atoms with van der Waals surface area (Å²) in [5.41, 5.74) is 3.64. The van der Waals surface area contributed by atoms with Gasteiger partial charge in [0.25, 0.3) is 0 Å². The van der Waals surface area contributed by atoms with Gasteiger partial charge in [-0.3, -0.25) is 4.68 Å². The maximum atomic E-state index is 4.84. The number of nitrogens with zero attached hydrogens (tertiary/aromatic N) is 6. The van der Waals surface area contributed by atoms with Gasteiger partial charge in [-0.25, -0.2) is 4.68 Å². The van der Waals surface area contributed by atoms with Crippen LogP contribution in [0.15, 0.2) is 36.9 Å². The fraction of sp³-hybridized carbons (Fsp3) is 0.667. The fourth-order valence-corrected chi connectivity index (χ4v) is 4.74. The quantitative estimate of drug-likeness (QED) is 0.338. The second-order valence-corrected chi connectivity index (χ2v) is 11.8. The van der Waals surface area contributed by atoms with Crippen molar-refractivity contribution in [1.29, 1.82) is 0 Å². The molecule has 3 heterocycles. The molecule has 0 N–H and O–H groups in total. The first kappa shape index (κ1) is 25.3. The summed E-state index contributed by atoms with van der Waals surface area (Å²) >= 11 is 0. The zero-order valence-electron chi connectivity index (χ0n) is 22.4. The van der Waals surface area contributed by atoms with E-state index in [9.17, 15) is 0 Å². The minimum atomic E-state index is 0.00916. The lowest BCUT2D eigenvalue weighted by atomic mass is 9.80. The van der Waals surface area contributed by atoms with Gasteiger partial charge in [0.05, 0.1) is 17.4 Å². The summed E-state index contributed by atoms with van der Waals surface area (Å²) in [5.74, 6) is 0.401. The van der Waals surface area contributed by atoms with Gasteiger partial charge >= 0.3 is 0 Å². The van der Waals surface area contributed by atoms with Crippen LogP contribution in [-0.4, -0.2) is 29.3 Å². The van der Waals surface area contributed by atoms with E-state index in [1.165, 1.54) is 5.56 Å². The summed E-state index contributed by atoms with van der Waals surface area (Å²) in [6.07, 6.45) is 10.8. The molecule has 0 spiro atoms. The highest BCUT2D eigenvalue weighted by Crippen LogP contribution is 2.35. The Morgan fingerprint density at radius 2 is 1.45 bits per heavy atom. The highest BCUT2D eigenvalue weighted by Gasteiger charge is 2.29. The van der Waals surface area contributed by atoms with Crippen LogP contribution < -0.4 is 0 Å². The predicted octanol–water partition coefficient (Wildman–Crippen LogP) is 6.84. The number of aromatic nitrogens is 6. The topological polar surface area (TPSA) is 53.5 Å². The molecule has 182 valence electrons. The van der Waals surface area contributed by atoms with Crippen LogP contribution >= 0.6 is 0 Å². The van der Waals surface area contributed by atoms with Crippen LogP contribution in [0, 0.1) is 0 Å². The minimum absolute atomic E-state index is 0.00916. The van der Waals surface area contributed by atoms with Gasteiger partial charge in [-0.1, -0.05) is 46.8 Å². The molecule has 33 heavy (non-hydrogen) atoms. The van der Waals surface area contributed by atoms with Crippen molar-refractivity contribution in [2.75, 3.05) is 0 Å². The molecule has 0 aliphatic rings. The van der Waals surface area contributed by atoms with E-state index in [2.05, 4.69) is 126 Å². The average Bonchev–Trinajstić information content (AvgIpc) is 3.47. The van der Waals surface area contributed by atoms with Gasteiger partial charge in [-0.05, 0) is 69.6 Å². The molecule has 0 radical (unpaired) electrons. The van der Waals surface area contributed by atoms with Crippen LogP contribution in [-0.2, 0) is 10.8 Å². The van der Waals surface area contributed by atoms with Crippen molar-refractivity contribution in [3.63, 3.8) is 0 Å². The fourth-order valence-electron chi connectivity index (χ4n) is 4.74. The van der Waals surface area contributed by atoms with E-state index < -0.39 is 0 Å². The Hall–Kier alpha value is -2.37. The first-order valence-corrected chi connectivity index (χ1v) is 12.5. The number of rotatable bonds is 10. The molecule has 3 aromatic rings. The van der Waals surface area contributed by atoms with Gasteiger partial charge in [0.15, 0.2) is 0 Å². The Morgan fingerprint density at radius 3 is 2.03 bits per heavy atom. The Balaban J connectivity index is 1.68. The van der Waals surface area contributed by atoms with Gasteiger partial charge in [0, 0.05) is 42.3 Å². The third kappa shape index (κ3) is 5.77. The third-order valence-corrected chi connectivity index (χ3v) is 7.02. The first-order valence-electron chi connectivity index (χ1n) is 12.5. The zero-order valence-corrected chi connectivity index (χ0v) is 22.4. The van der Waals surface area contributed by atoms with E-state index in [-0.39, 0.29) is 16.9 Å². The molecule has 0 fully saturated rings. The molecule has 3 aromatic heterocycles. The van der Waals surface area contributed by atoms with Crippen LogP contribution in [0.1, 0.15) is 123 Å². The molecule has 2 atom stereocenters. The summed E-state index contributed by atoms with van der Waals surface area (Å²) in [6, 6.07) is 5.52. The molecule has 2 unspecified atom stereocenters. The number of hydrogen-bond acceptors (Lipinski definition) is 3. The van der Waals surface area contributed by atoms with E-state index in [1.54, 1.807) is 0 Å². The summed E-state index contributed by atoms with van der Waals surface area (Å²) < 4.78 is 6.45. The minimum Gasteiger partial charge on any atom is -0.351 e. The van der Waals surface area contributed by atoms with Crippen LogP contribution in [0.2, 0.25) is 0 Å². The van der Waals surface area contributed by atoms with Gasteiger partial charge in [0.1, 0.15) is 0 Å². The Kier molecular flexibility index (Phi) is 7.25. The molecule has 0 saturated carbocycles. The van der Waals surface area contributed by atoms with Crippen molar-refractivity contribution in [3.8, 4) is 0 Å². The van der Waals surface area contributed by atoms with E-state index in [1.807, 2.05) is 4.68 Å². The Labute approximate surface area is 200 Å². The summed E-state index contributed by atoms with van der Waals surface area (Å²) in [6.45, 7) is 22.5. The summed E-state index contributed by atoms with van der Waals surface area (Å²) in [4.78, 5) is 0. The van der Waals surface area contributed by atoms with Crippen molar-refractivity contribution in [2.24, 2.45) is 0 Å². The highest BCUT2D eigenvalue weighted by molar-refractivity contribution is 5.22. The standard InChI is InChI=1S/C27H44N6/c1-19(2)24-18-33(30-28-24)22(6)16-26(7,8)23-11-13-31(17-23)21(5)15-27(9,10)25-12-14-32(29-25)20(3)4/h11-14,17-22H,15-16H2,1-10H3. The lowest BCUT2D eigenvalue weighted by Gasteiger charge is -2.29. The SMILES string of the molecule is CC(C)c1cn(C(C)CC(C)(C)c2ccn(C(C)CC(C)(C)c3ccn(C(C)C)n3)c2)nn1. The summed E-state index contributed by atoms with van der Waals surface area (Å²) in [5, 5.41) is 13.6. The van der Waals surface area contributed by atoms with E-state index >= 15 is 0 Å². The average molecular weight is 453 g/mol. The molecule has 0 bridgehead atoms. The van der Waals surface area contributed by atoms with Gasteiger partial charge in [-0.15, -0.1) is 5.10 Å². The monoisotopic (exact) mass is 452 g/mol. The normalized spacial score (nSPS) is 14.9. The number of hydrogen-bond donors (Lipinski definition) is 0. The van der Waals surface area contributed by atoms with Crippen molar-refractivity contribution in [3.05, 3.63) is 53.9 Å². The van der Waals surface area contributed by atoms with Crippen LogP contribution in [0.3, 0.4) is 0 Å². The van der Waals surface area contributed by atoms with Gasteiger partial charge in [0.2, 0.25) is 0 Å². The van der Waals surface area contributed by atoms with E-state index in [4.69, 9.17) is 5.10 Å². The largest absolute Gasteiger partial charge is 0.351 e. The van der Waals surface area contributed by atoms with Crippen LogP contribution in [0.25, 0.3) is 0 Å². The molecular formula is C27H44N6. The molecule has 6 nitrogen and oxygen atoms in total. The maximum Gasteiger partial charge on any atom is 0.0852 e. The lowest BCUT2D eigenvalue weighted by molar-refractivity contribution is 0.345. The zero-order chi connectivity index (χ0) is 24.6. The first-order chi connectivity index (χ1) is 15.3. The lowest BCUT2D eigenvalue weighted by Crippen LogP contribution is -2.24. The van der Waals surface area contributed by atoms with Crippen molar-refractivity contribution >= 4 is 0 Å². The van der Waals surface area contributed by atoms with Crippen molar-refractivity contribution < 1.29 is 0 Å². The molecular weight excluding hydrogens is 408 g/mol. The molecule has 0 aliphatic heterocycles. The smallest absolute Gasteiger partial charge is 0.0852 e. The molecule has 0 aliphatic carbocycles. The molecule has 6 heteroatoms. The van der Waals surface area contributed by atoms with Crippen molar-refractivity contribution in [1.82, 2.24) is 29.3 Å². The van der Waals surface area contributed by atoms with Crippen LogP contribution in [0.4, 0.5) is 0 Å². The maximum absolute atomic E-state index is 4.84. The molecule has 0 saturated heterocycles. The second-order valence-electron chi connectivity index (χ2n) is 11.8. The van der Waals surface area contributed by atoms with Crippen molar-refractivity contribution in [2.45, 2.75) is 117 Å². The van der Waals surface area contributed by atoms with E-state index in [0.29, 0.717) is 18.0 Å². The molecule has 0 amide bonds. The molecule has 0 aromatic carbocycles. The predicted molar refractivity (Wildman–Crippen MR) is 136 cm³/mol. The second kappa shape index (κ2) is 9.47. The third-order valence-electron chi connectivity index (χ3n) is 7.02. The Morgan fingerprint density at radius 1 is 0.788 bits per heavy atom. The summed E-state index contributed by atoms with van der Waals surface area (Å²) in [7, 11) is 0. The van der Waals surface area contributed by atoms with Crippen LogP contribution in [0.5, 0.6) is 0 Å². The Bertz CT molecular complexity index is 1030. The van der Waals surface area contributed by atoms with Gasteiger partial charge in [-0.2, -0.15) is 5.10 Å². The van der Waals surface area contributed by atoms with E-state index in [0.717, 1.165) is 24.2 Å². The molecule has 3 rings (SSSR count). The van der Waals surface area contributed by atoms with Gasteiger partial charge < -0.3 is 4.57 Å². The highest BCUT2D eigenvalue weighted by atomic mass is 15.4.